The lowest BCUT2D eigenvalue weighted by molar-refractivity contribution is -0.131. The van der Waals surface area contributed by atoms with Crippen molar-refractivity contribution < 1.29 is 13.9 Å². The van der Waals surface area contributed by atoms with Crippen LogP contribution in [-0.4, -0.2) is 32.2 Å². The summed E-state index contributed by atoms with van der Waals surface area (Å²) in [5.74, 6) is 0.600. The summed E-state index contributed by atoms with van der Waals surface area (Å²) < 4.78 is 10.4. The van der Waals surface area contributed by atoms with E-state index in [2.05, 4.69) is 10.6 Å². The van der Waals surface area contributed by atoms with Gasteiger partial charge in [-0.05, 0) is 26.1 Å². The molecule has 0 fully saturated rings. The van der Waals surface area contributed by atoms with Crippen LogP contribution >= 0.6 is 0 Å². The first-order chi connectivity index (χ1) is 7.74. The molecule has 90 valence electrons. The number of hydrogen-bond donors (Lipinski definition) is 2. The van der Waals surface area contributed by atoms with Crippen LogP contribution in [0.3, 0.4) is 0 Å². The second-order valence-electron chi connectivity index (χ2n) is 3.41. The first-order valence-corrected chi connectivity index (χ1v) is 5.30. The number of carbonyl (C=O) groups excluding carboxylic acids is 1. The quantitative estimate of drug-likeness (QED) is 0.665. The van der Waals surface area contributed by atoms with Crippen molar-refractivity contribution in [1.82, 2.24) is 10.6 Å². The van der Waals surface area contributed by atoms with Gasteiger partial charge < -0.3 is 19.8 Å². The summed E-state index contributed by atoms with van der Waals surface area (Å²) in [6.45, 7) is 3.38. The maximum absolute atomic E-state index is 11.5. The van der Waals surface area contributed by atoms with Gasteiger partial charge in [0.2, 0.25) is 5.91 Å². The Bertz CT molecular complexity index is 298. The molecule has 0 saturated carbocycles. The average Bonchev–Trinajstić information content (AvgIpc) is 2.79. The summed E-state index contributed by atoms with van der Waals surface area (Å²) in [4.78, 5) is 11.5. The zero-order valence-electron chi connectivity index (χ0n) is 9.66. The van der Waals surface area contributed by atoms with Crippen molar-refractivity contribution >= 4 is 5.91 Å². The van der Waals surface area contributed by atoms with Crippen LogP contribution in [0, 0.1) is 0 Å². The number of carbonyl (C=O) groups is 1. The highest BCUT2D eigenvalue weighted by Crippen LogP contribution is 1.99. The lowest BCUT2D eigenvalue weighted by Gasteiger charge is -2.12. The van der Waals surface area contributed by atoms with E-state index in [1.54, 1.807) is 19.3 Å². The predicted octanol–water partition coefficient (Wildman–Crippen LogP) is 0.520. The van der Waals surface area contributed by atoms with Gasteiger partial charge in [-0.3, -0.25) is 4.79 Å². The molecule has 2 N–H and O–H groups in total. The molecule has 0 bridgehead atoms. The van der Waals surface area contributed by atoms with Gasteiger partial charge in [-0.25, -0.2) is 0 Å². The van der Waals surface area contributed by atoms with Crippen molar-refractivity contribution in [2.24, 2.45) is 0 Å². The molecule has 1 heterocycles. The Morgan fingerprint density at radius 2 is 2.44 bits per heavy atom. The van der Waals surface area contributed by atoms with Gasteiger partial charge in [-0.2, -0.15) is 0 Å². The standard InChI is InChI=1S/C11H18N2O3/c1-9(15-7-5-12-2)11(14)13-8-10-4-3-6-16-10/h3-4,6,9,12H,5,7-8H2,1-2H3,(H,13,14). The minimum absolute atomic E-state index is 0.132. The highest BCUT2D eigenvalue weighted by molar-refractivity contribution is 5.80. The lowest BCUT2D eigenvalue weighted by atomic mass is 10.3. The van der Waals surface area contributed by atoms with Crippen LogP contribution in [0.4, 0.5) is 0 Å². The maximum Gasteiger partial charge on any atom is 0.249 e. The molecule has 16 heavy (non-hydrogen) atoms. The minimum Gasteiger partial charge on any atom is -0.467 e. The fourth-order valence-corrected chi connectivity index (χ4v) is 1.14. The molecule has 1 aromatic heterocycles. The lowest BCUT2D eigenvalue weighted by Crippen LogP contribution is -2.35. The van der Waals surface area contributed by atoms with Gasteiger partial charge in [0, 0.05) is 6.54 Å². The number of nitrogens with one attached hydrogen (secondary N) is 2. The molecule has 0 aliphatic heterocycles. The highest BCUT2D eigenvalue weighted by Gasteiger charge is 2.12. The van der Waals surface area contributed by atoms with Gasteiger partial charge in [-0.1, -0.05) is 0 Å². The molecular weight excluding hydrogens is 208 g/mol. The van der Waals surface area contributed by atoms with Crippen molar-refractivity contribution in [2.45, 2.75) is 19.6 Å². The van der Waals surface area contributed by atoms with Crippen LogP contribution in [0.5, 0.6) is 0 Å². The summed E-state index contributed by atoms with van der Waals surface area (Å²) in [7, 11) is 1.84. The Balaban J connectivity index is 2.18. The van der Waals surface area contributed by atoms with Crippen LogP contribution in [-0.2, 0) is 16.1 Å². The Hall–Kier alpha value is -1.33. The molecule has 1 unspecified atom stereocenters. The van der Waals surface area contributed by atoms with Gasteiger partial charge in [0.1, 0.15) is 11.9 Å². The average molecular weight is 226 g/mol. The number of furan rings is 1. The van der Waals surface area contributed by atoms with Crippen molar-refractivity contribution in [3.05, 3.63) is 24.2 Å². The van der Waals surface area contributed by atoms with Gasteiger partial charge in [0.15, 0.2) is 0 Å². The van der Waals surface area contributed by atoms with Crippen molar-refractivity contribution in [3.63, 3.8) is 0 Å². The second-order valence-corrected chi connectivity index (χ2v) is 3.41. The molecule has 1 rings (SSSR count). The third-order valence-corrected chi connectivity index (χ3v) is 2.11. The molecule has 1 amide bonds. The number of rotatable bonds is 7. The molecule has 0 aromatic carbocycles. The third-order valence-electron chi connectivity index (χ3n) is 2.11. The van der Waals surface area contributed by atoms with E-state index in [0.717, 1.165) is 12.3 Å². The Morgan fingerprint density at radius 3 is 3.06 bits per heavy atom. The van der Waals surface area contributed by atoms with Crippen LogP contribution < -0.4 is 10.6 Å². The molecule has 5 heteroatoms. The molecule has 0 spiro atoms. The second kappa shape index (κ2) is 7.03. The van der Waals surface area contributed by atoms with E-state index < -0.39 is 6.10 Å². The van der Waals surface area contributed by atoms with Crippen LogP contribution in [0.1, 0.15) is 12.7 Å². The molecule has 0 aliphatic rings. The largest absolute Gasteiger partial charge is 0.467 e. The molecule has 0 radical (unpaired) electrons. The molecular formula is C11H18N2O3. The molecule has 5 nitrogen and oxygen atoms in total. The Kier molecular flexibility index (Phi) is 5.60. The topological polar surface area (TPSA) is 63.5 Å². The van der Waals surface area contributed by atoms with E-state index in [1.807, 2.05) is 13.1 Å². The van der Waals surface area contributed by atoms with E-state index in [0.29, 0.717) is 13.2 Å². The predicted molar refractivity (Wildman–Crippen MR) is 59.9 cm³/mol. The summed E-state index contributed by atoms with van der Waals surface area (Å²) in [5.41, 5.74) is 0. The Labute approximate surface area is 95.2 Å². The van der Waals surface area contributed by atoms with Gasteiger partial charge >= 0.3 is 0 Å². The van der Waals surface area contributed by atoms with Crippen LogP contribution in [0.2, 0.25) is 0 Å². The number of amides is 1. The Morgan fingerprint density at radius 1 is 1.62 bits per heavy atom. The summed E-state index contributed by atoms with van der Waals surface area (Å²) >= 11 is 0. The van der Waals surface area contributed by atoms with E-state index in [4.69, 9.17) is 9.15 Å². The van der Waals surface area contributed by atoms with Crippen LogP contribution in [0.15, 0.2) is 22.8 Å². The van der Waals surface area contributed by atoms with Gasteiger partial charge in [-0.15, -0.1) is 0 Å². The highest BCUT2D eigenvalue weighted by atomic mass is 16.5. The monoisotopic (exact) mass is 226 g/mol. The summed E-state index contributed by atoms with van der Waals surface area (Å²) in [6.07, 6.45) is 1.14. The summed E-state index contributed by atoms with van der Waals surface area (Å²) in [5, 5.41) is 5.68. The van der Waals surface area contributed by atoms with Crippen molar-refractivity contribution in [2.75, 3.05) is 20.2 Å². The molecule has 1 aromatic rings. The number of likely N-dealkylation sites (N-methyl/N-ethyl adjacent to an activating group) is 1. The van der Waals surface area contributed by atoms with Gasteiger partial charge in [0.05, 0.1) is 19.4 Å². The summed E-state index contributed by atoms with van der Waals surface area (Å²) in [6, 6.07) is 3.60. The van der Waals surface area contributed by atoms with E-state index in [-0.39, 0.29) is 5.91 Å². The van der Waals surface area contributed by atoms with Crippen molar-refractivity contribution in [1.29, 1.82) is 0 Å². The molecule has 1 atom stereocenters. The van der Waals surface area contributed by atoms with E-state index in [1.165, 1.54) is 0 Å². The van der Waals surface area contributed by atoms with E-state index in [9.17, 15) is 4.79 Å². The van der Waals surface area contributed by atoms with Crippen molar-refractivity contribution in [3.8, 4) is 0 Å². The minimum atomic E-state index is -0.441. The third kappa shape index (κ3) is 4.46. The first-order valence-electron chi connectivity index (χ1n) is 5.30. The van der Waals surface area contributed by atoms with E-state index >= 15 is 0 Å². The SMILES string of the molecule is CNCCOC(C)C(=O)NCc1ccco1. The smallest absolute Gasteiger partial charge is 0.249 e. The normalized spacial score (nSPS) is 12.4. The van der Waals surface area contributed by atoms with Gasteiger partial charge in [0.25, 0.3) is 0 Å². The first kappa shape index (κ1) is 12.7. The fraction of sp³-hybridized carbons (Fsp3) is 0.545. The number of ether oxygens (including phenoxy) is 1. The molecule has 0 aliphatic carbocycles. The zero-order valence-corrected chi connectivity index (χ0v) is 9.66. The number of hydrogen-bond acceptors (Lipinski definition) is 4. The molecule has 0 saturated heterocycles. The maximum atomic E-state index is 11.5. The zero-order chi connectivity index (χ0) is 11.8. The fourth-order valence-electron chi connectivity index (χ4n) is 1.14. The van der Waals surface area contributed by atoms with Crippen LogP contribution in [0.25, 0.3) is 0 Å².